The Morgan fingerprint density at radius 1 is 1.00 bits per heavy atom. The summed E-state index contributed by atoms with van der Waals surface area (Å²) in [5, 5.41) is 2.95. The molecule has 2 amide bonds. The molecule has 0 radical (unpaired) electrons. The summed E-state index contributed by atoms with van der Waals surface area (Å²) < 4.78 is 65.5. The number of nitrogens with one attached hydrogen (secondary N) is 1. The Morgan fingerprint density at radius 2 is 1.67 bits per heavy atom. The molecule has 0 fully saturated rings. The summed E-state index contributed by atoms with van der Waals surface area (Å²) in [5.74, 6) is -1.46. The molecule has 2 aromatic heterocycles. The number of halogens is 2. The van der Waals surface area contributed by atoms with Crippen LogP contribution >= 0.6 is 0 Å². The Labute approximate surface area is 256 Å². The number of rotatable bonds is 7. The van der Waals surface area contributed by atoms with E-state index in [-0.39, 0.29) is 53.2 Å². The molecule has 1 N–H and O–H groups in total. The van der Waals surface area contributed by atoms with Gasteiger partial charge in [0.25, 0.3) is 11.8 Å². The summed E-state index contributed by atoms with van der Waals surface area (Å²) >= 11 is 0. The fourth-order valence-electron chi connectivity index (χ4n) is 5.12. The van der Waals surface area contributed by atoms with E-state index in [4.69, 9.17) is 9.15 Å². The third-order valence-electron chi connectivity index (χ3n) is 7.53. The van der Waals surface area contributed by atoms with Gasteiger partial charge in [0, 0.05) is 55.0 Å². The number of carbonyl (C=O) groups is 2. The molecule has 0 saturated carbocycles. The number of hydrogen-bond acceptors (Lipinski definition) is 7. The summed E-state index contributed by atoms with van der Waals surface area (Å²) in [6, 6.07) is 15.8. The fourth-order valence-corrected chi connectivity index (χ4v) is 5.63. The van der Waals surface area contributed by atoms with E-state index < -0.39 is 27.6 Å². The van der Waals surface area contributed by atoms with Crippen molar-refractivity contribution in [1.29, 1.82) is 0 Å². The highest BCUT2D eigenvalue weighted by molar-refractivity contribution is 7.92. The second-order valence-electron chi connectivity index (χ2n) is 10.5. The number of furan rings is 1. The van der Waals surface area contributed by atoms with Crippen LogP contribution in [0.3, 0.4) is 0 Å². The number of amides is 2. The molecular formula is C32H26F2N4O6S. The fraction of sp³-hybridized carbons (Fsp3) is 0.156. The molecule has 6 rings (SSSR count). The monoisotopic (exact) mass is 632 g/mol. The standard InChI is InChI=1S/C32H26F2N4O6S/c1-35-30(39)28-24-13-23(26(37(2)45(3,41)42)14-27(24)44-29(28)19-6-10-22(34)11-7-19)20-12-25-31(36-15-20)43-17-38(32(25)40)16-18-4-8-21(33)9-5-18/h4-15H,16-17H2,1-3H3,(H,35,39). The molecule has 1 aliphatic rings. The first-order chi connectivity index (χ1) is 21.4. The van der Waals surface area contributed by atoms with Crippen LogP contribution in [-0.2, 0) is 16.6 Å². The number of ether oxygens (including phenoxy) is 1. The lowest BCUT2D eigenvalue weighted by molar-refractivity contribution is 0.0485. The van der Waals surface area contributed by atoms with Gasteiger partial charge in [0.1, 0.15) is 28.5 Å². The number of sulfonamides is 1. The van der Waals surface area contributed by atoms with E-state index in [1.54, 1.807) is 24.3 Å². The minimum atomic E-state index is -3.79. The molecule has 13 heteroatoms. The molecule has 0 unspecified atom stereocenters. The molecule has 0 aliphatic carbocycles. The summed E-state index contributed by atoms with van der Waals surface area (Å²) in [6.45, 7) is 0.0910. The van der Waals surface area contributed by atoms with E-state index in [0.29, 0.717) is 27.6 Å². The first kappa shape index (κ1) is 29.8. The first-order valence-electron chi connectivity index (χ1n) is 13.6. The van der Waals surface area contributed by atoms with Crippen LogP contribution in [0.15, 0.2) is 77.3 Å². The van der Waals surface area contributed by atoms with Gasteiger partial charge in [0.2, 0.25) is 15.9 Å². The zero-order chi connectivity index (χ0) is 32.0. The highest BCUT2D eigenvalue weighted by atomic mass is 32.2. The van der Waals surface area contributed by atoms with Crippen molar-refractivity contribution in [2.45, 2.75) is 6.54 Å². The van der Waals surface area contributed by atoms with Crippen molar-refractivity contribution < 1.29 is 35.9 Å². The van der Waals surface area contributed by atoms with E-state index in [1.165, 1.54) is 67.7 Å². The van der Waals surface area contributed by atoms with E-state index in [2.05, 4.69) is 10.3 Å². The second kappa shape index (κ2) is 11.3. The summed E-state index contributed by atoms with van der Waals surface area (Å²) in [4.78, 5) is 32.5. The number of hydrogen-bond donors (Lipinski definition) is 1. The van der Waals surface area contributed by atoms with E-state index >= 15 is 0 Å². The quantitative estimate of drug-likeness (QED) is 0.262. The molecule has 0 spiro atoms. The third kappa shape index (κ3) is 5.57. The van der Waals surface area contributed by atoms with Crippen molar-refractivity contribution >= 4 is 38.5 Å². The average Bonchev–Trinajstić information content (AvgIpc) is 3.40. The van der Waals surface area contributed by atoms with Crippen LogP contribution in [0.2, 0.25) is 0 Å². The largest absolute Gasteiger partial charge is 0.456 e. The summed E-state index contributed by atoms with van der Waals surface area (Å²) in [5.41, 5.74) is 2.54. The van der Waals surface area contributed by atoms with Crippen LogP contribution in [-0.4, -0.2) is 57.2 Å². The number of carbonyl (C=O) groups excluding carboxylic acids is 2. The van der Waals surface area contributed by atoms with Crippen LogP contribution in [0.4, 0.5) is 14.5 Å². The van der Waals surface area contributed by atoms with Crippen LogP contribution in [0.5, 0.6) is 5.88 Å². The Bertz CT molecular complexity index is 2080. The Hall–Kier alpha value is -5.30. The molecule has 1 aliphatic heterocycles. The predicted molar refractivity (Wildman–Crippen MR) is 163 cm³/mol. The Balaban J connectivity index is 1.51. The lowest BCUT2D eigenvalue weighted by atomic mass is 9.98. The van der Waals surface area contributed by atoms with Crippen LogP contribution in [0, 0.1) is 11.6 Å². The van der Waals surface area contributed by atoms with Crippen molar-refractivity contribution in [2.75, 3.05) is 31.4 Å². The van der Waals surface area contributed by atoms with Crippen molar-refractivity contribution in [3.05, 3.63) is 101 Å². The van der Waals surface area contributed by atoms with E-state index in [1.807, 2.05) is 0 Å². The van der Waals surface area contributed by atoms with E-state index in [0.717, 1.165) is 10.6 Å². The maximum Gasteiger partial charge on any atom is 0.262 e. The van der Waals surface area contributed by atoms with Gasteiger partial charge in [0.15, 0.2) is 6.73 Å². The Kier molecular flexibility index (Phi) is 7.49. The van der Waals surface area contributed by atoms with Crippen molar-refractivity contribution in [2.24, 2.45) is 0 Å². The molecule has 230 valence electrons. The lowest BCUT2D eigenvalue weighted by Crippen LogP contribution is -2.38. The minimum Gasteiger partial charge on any atom is -0.456 e. The number of nitrogens with zero attached hydrogens (tertiary/aromatic N) is 3. The molecule has 45 heavy (non-hydrogen) atoms. The molecule has 0 saturated heterocycles. The number of pyridine rings is 1. The van der Waals surface area contributed by atoms with Crippen molar-refractivity contribution in [3.8, 4) is 28.3 Å². The van der Waals surface area contributed by atoms with Gasteiger partial charge in [0.05, 0.1) is 17.5 Å². The van der Waals surface area contributed by atoms with Gasteiger partial charge in [-0.1, -0.05) is 12.1 Å². The van der Waals surface area contributed by atoms with Gasteiger partial charge in [-0.25, -0.2) is 22.2 Å². The third-order valence-corrected chi connectivity index (χ3v) is 8.72. The average molecular weight is 633 g/mol. The smallest absolute Gasteiger partial charge is 0.262 e. The topological polar surface area (TPSA) is 122 Å². The number of benzene rings is 3. The van der Waals surface area contributed by atoms with Crippen molar-refractivity contribution in [1.82, 2.24) is 15.2 Å². The van der Waals surface area contributed by atoms with Gasteiger partial charge in [-0.2, -0.15) is 0 Å². The number of anilines is 1. The highest BCUT2D eigenvalue weighted by Crippen LogP contribution is 2.42. The number of fused-ring (bicyclic) bond motifs is 2. The first-order valence-corrected chi connectivity index (χ1v) is 15.5. The number of aromatic nitrogens is 1. The van der Waals surface area contributed by atoms with Crippen LogP contribution < -0.4 is 14.4 Å². The van der Waals surface area contributed by atoms with Gasteiger partial charge >= 0.3 is 0 Å². The van der Waals surface area contributed by atoms with Crippen molar-refractivity contribution in [3.63, 3.8) is 0 Å². The molecule has 10 nitrogen and oxygen atoms in total. The molecule has 3 aromatic carbocycles. The summed E-state index contributed by atoms with van der Waals surface area (Å²) in [6.07, 6.45) is 2.49. The molecule has 5 aromatic rings. The van der Waals surface area contributed by atoms with Gasteiger partial charge in [-0.3, -0.25) is 13.9 Å². The second-order valence-corrected chi connectivity index (χ2v) is 12.5. The minimum absolute atomic E-state index is 0.0692. The predicted octanol–water partition coefficient (Wildman–Crippen LogP) is 5.19. The molecular weight excluding hydrogens is 606 g/mol. The van der Waals surface area contributed by atoms with Crippen LogP contribution in [0.1, 0.15) is 26.3 Å². The SMILES string of the molecule is CNC(=O)c1c(-c2ccc(F)cc2)oc2cc(N(C)S(C)(=O)=O)c(-c3cnc4c(c3)C(=O)N(Cc3ccc(F)cc3)CO4)cc12. The maximum atomic E-state index is 13.7. The van der Waals surface area contributed by atoms with Gasteiger partial charge in [-0.05, 0) is 54.1 Å². The van der Waals surface area contributed by atoms with Gasteiger partial charge < -0.3 is 19.4 Å². The maximum absolute atomic E-state index is 13.7. The zero-order valence-electron chi connectivity index (χ0n) is 24.3. The molecule has 0 atom stereocenters. The molecule has 3 heterocycles. The van der Waals surface area contributed by atoms with Gasteiger partial charge in [-0.15, -0.1) is 0 Å². The van der Waals surface area contributed by atoms with Crippen LogP contribution in [0.25, 0.3) is 33.4 Å². The zero-order valence-corrected chi connectivity index (χ0v) is 25.1. The highest BCUT2D eigenvalue weighted by Gasteiger charge is 2.30. The summed E-state index contributed by atoms with van der Waals surface area (Å²) in [7, 11) is -0.961. The lowest BCUT2D eigenvalue weighted by Gasteiger charge is -2.28. The normalized spacial score (nSPS) is 13.0. The Morgan fingerprint density at radius 3 is 2.31 bits per heavy atom. The van der Waals surface area contributed by atoms with E-state index in [9.17, 15) is 26.8 Å². The molecule has 0 bridgehead atoms.